The first kappa shape index (κ1) is 16.3. The number of aromatic nitrogens is 3. The molecule has 1 saturated carbocycles. The Morgan fingerprint density at radius 3 is 2.92 bits per heavy atom. The van der Waals surface area contributed by atoms with Crippen LogP contribution >= 0.6 is 0 Å². The summed E-state index contributed by atoms with van der Waals surface area (Å²) in [5.74, 6) is 0.188. The van der Waals surface area contributed by atoms with E-state index in [9.17, 15) is 9.59 Å². The molecule has 0 bridgehead atoms. The van der Waals surface area contributed by atoms with Crippen LogP contribution in [0.4, 0.5) is 5.95 Å². The quantitative estimate of drug-likeness (QED) is 0.873. The Kier molecular flexibility index (Phi) is 4.13. The molecule has 2 amide bonds. The summed E-state index contributed by atoms with van der Waals surface area (Å²) in [6.07, 6.45) is 6.13. The van der Waals surface area contributed by atoms with E-state index >= 15 is 0 Å². The first-order valence-electron chi connectivity index (χ1n) is 8.66. The summed E-state index contributed by atoms with van der Waals surface area (Å²) in [7, 11) is 0. The molecule has 0 unspecified atom stereocenters. The van der Waals surface area contributed by atoms with Crippen LogP contribution in [0.3, 0.4) is 0 Å². The number of nitrogens with one attached hydrogen (secondary N) is 2. The van der Waals surface area contributed by atoms with Gasteiger partial charge in [-0.05, 0) is 30.9 Å². The fourth-order valence-electron chi connectivity index (χ4n) is 3.09. The molecule has 132 valence electrons. The van der Waals surface area contributed by atoms with Crippen LogP contribution in [0.15, 0.2) is 18.3 Å². The van der Waals surface area contributed by atoms with Crippen molar-refractivity contribution in [3.05, 3.63) is 24.0 Å². The maximum absolute atomic E-state index is 12.0. The van der Waals surface area contributed by atoms with Gasteiger partial charge in [0.15, 0.2) is 0 Å². The molecule has 0 aromatic carbocycles. The van der Waals surface area contributed by atoms with Crippen LogP contribution in [-0.2, 0) is 9.59 Å². The van der Waals surface area contributed by atoms with Gasteiger partial charge < -0.3 is 9.88 Å². The Morgan fingerprint density at radius 1 is 1.38 bits per heavy atom. The molecule has 3 heterocycles. The van der Waals surface area contributed by atoms with Crippen LogP contribution in [0.2, 0.25) is 0 Å². The Morgan fingerprint density at radius 2 is 2.23 bits per heavy atom. The Hall–Kier alpha value is -3.21. The Balaban J connectivity index is 1.61. The summed E-state index contributed by atoms with van der Waals surface area (Å²) in [6.45, 7) is 1.00. The first-order chi connectivity index (χ1) is 12.7. The second-order valence-electron chi connectivity index (χ2n) is 6.55. The number of fused-ring (bicyclic) bond motifs is 1. The van der Waals surface area contributed by atoms with Gasteiger partial charge in [-0.15, -0.1) is 0 Å². The van der Waals surface area contributed by atoms with Gasteiger partial charge in [0.05, 0.1) is 11.8 Å². The smallest absolute Gasteiger partial charge is 0.237 e. The minimum Gasteiger partial charge on any atom is -0.346 e. The summed E-state index contributed by atoms with van der Waals surface area (Å²) >= 11 is 0. The molecule has 0 saturated heterocycles. The summed E-state index contributed by atoms with van der Waals surface area (Å²) in [6, 6.07) is 3.80. The van der Waals surface area contributed by atoms with Crippen molar-refractivity contribution in [1.82, 2.24) is 19.9 Å². The van der Waals surface area contributed by atoms with Gasteiger partial charge in [0.1, 0.15) is 12.1 Å². The van der Waals surface area contributed by atoms with Crippen molar-refractivity contribution in [3.8, 4) is 6.07 Å². The molecule has 2 N–H and O–H groups in total. The van der Waals surface area contributed by atoms with E-state index in [2.05, 4.69) is 20.3 Å². The van der Waals surface area contributed by atoms with Crippen molar-refractivity contribution in [2.45, 2.75) is 25.7 Å². The number of nitriles is 1. The third-order valence-electron chi connectivity index (χ3n) is 4.70. The van der Waals surface area contributed by atoms with Gasteiger partial charge in [-0.2, -0.15) is 10.2 Å². The van der Waals surface area contributed by atoms with Crippen molar-refractivity contribution in [2.75, 3.05) is 18.4 Å². The van der Waals surface area contributed by atoms with Crippen LogP contribution in [-0.4, -0.2) is 44.8 Å². The monoisotopic (exact) mass is 350 g/mol. The number of aromatic amines is 1. The molecular weight excluding hydrogens is 332 g/mol. The number of hydrogen-bond acceptors (Lipinski definition) is 5. The number of H-pyrrole nitrogens is 1. The number of carbonyl (C=O) groups is 2. The highest BCUT2D eigenvalue weighted by atomic mass is 16.2. The second-order valence-corrected chi connectivity index (χ2v) is 6.55. The van der Waals surface area contributed by atoms with Crippen molar-refractivity contribution in [1.29, 1.82) is 5.26 Å². The number of rotatable bonds is 4. The van der Waals surface area contributed by atoms with E-state index in [0.717, 1.165) is 29.5 Å². The molecule has 4 rings (SSSR count). The van der Waals surface area contributed by atoms with Crippen LogP contribution in [0.5, 0.6) is 0 Å². The SMILES string of the molecule is N#CCC(=O)N1CC=C(c2nc(NC(=O)C3CC3)nc3[nH]ccc23)CC1. The molecule has 0 spiro atoms. The van der Waals surface area contributed by atoms with Gasteiger partial charge in [0.25, 0.3) is 0 Å². The maximum Gasteiger partial charge on any atom is 0.237 e. The maximum atomic E-state index is 12.0. The van der Waals surface area contributed by atoms with Crippen molar-refractivity contribution >= 4 is 34.4 Å². The summed E-state index contributed by atoms with van der Waals surface area (Å²) in [4.78, 5) is 37.6. The van der Waals surface area contributed by atoms with Gasteiger partial charge >= 0.3 is 0 Å². The molecule has 0 radical (unpaired) electrons. The zero-order valence-corrected chi connectivity index (χ0v) is 14.2. The summed E-state index contributed by atoms with van der Waals surface area (Å²) in [5.41, 5.74) is 2.46. The molecule has 8 heteroatoms. The fraction of sp³-hybridized carbons (Fsp3) is 0.389. The standard InChI is InChI=1S/C18H18N6O2/c19-7-3-14(25)24-9-5-11(6-10-24)15-13-4-8-20-16(13)22-18(21-15)23-17(26)12-1-2-12/h4-5,8,12H,1-3,6,9-10H2,(H2,20,21,22,23,26). The molecule has 1 aliphatic heterocycles. The second kappa shape index (κ2) is 6.59. The molecule has 1 aliphatic carbocycles. The number of nitrogens with zero attached hydrogens (tertiary/aromatic N) is 4. The highest BCUT2D eigenvalue weighted by Crippen LogP contribution is 2.31. The van der Waals surface area contributed by atoms with Crippen molar-refractivity contribution in [3.63, 3.8) is 0 Å². The van der Waals surface area contributed by atoms with Gasteiger partial charge in [0, 0.05) is 30.6 Å². The molecule has 26 heavy (non-hydrogen) atoms. The normalized spacial score (nSPS) is 16.9. The number of carbonyl (C=O) groups excluding carboxylic acids is 2. The van der Waals surface area contributed by atoms with Crippen LogP contribution in [0, 0.1) is 17.2 Å². The van der Waals surface area contributed by atoms with Crippen LogP contribution in [0.1, 0.15) is 31.4 Å². The highest BCUT2D eigenvalue weighted by Gasteiger charge is 2.30. The molecule has 2 aromatic heterocycles. The van der Waals surface area contributed by atoms with E-state index in [1.807, 2.05) is 18.2 Å². The van der Waals surface area contributed by atoms with E-state index in [1.165, 1.54) is 0 Å². The zero-order chi connectivity index (χ0) is 18.1. The lowest BCUT2D eigenvalue weighted by Crippen LogP contribution is -2.34. The van der Waals surface area contributed by atoms with Gasteiger partial charge in [-0.25, -0.2) is 4.98 Å². The van der Waals surface area contributed by atoms with Crippen molar-refractivity contribution in [2.24, 2.45) is 5.92 Å². The lowest BCUT2D eigenvalue weighted by atomic mass is 10.0. The van der Waals surface area contributed by atoms with Crippen molar-refractivity contribution < 1.29 is 9.59 Å². The predicted octanol–water partition coefficient (Wildman–Crippen LogP) is 1.84. The molecule has 2 aliphatic rings. The number of hydrogen-bond donors (Lipinski definition) is 2. The highest BCUT2D eigenvalue weighted by molar-refractivity contribution is 5.95. The third kappa shape index (κ3) is 3.16. The van der Waals surface area contributed by atoms with Gasteiger partial charge in [-0.3, -0.25) is 14.9 Å². The average Bonchev–Trinajstić information content (AvgIpc) is 3.40. The van der Waals surface area contributed by atoms with Crippen LogP contribution < -0.4 is 5.32 Å². The van der Waals surface area contributed by atoms with Gasteiger partial charge in [0.2, 0.25) is 17.8 Å². The van der Waals surface area contributed by atoms with E-state index in [4.69, 9.17) is 5.26 Å². The number of anilines is 1. The minimum absolute atomic E-state index is 0.0345. The predicted molar refractivity (Wildman–Crippen MR) is 94.6 cm³/mol. The molecule has 2 aromatic rings. The Bertz CT molecular complexity index is 950. The zero-order valence-electron chi connectivity index (χ0n) is 14.2. The lowest BCUT2D eigenvalue weighted by Gasteiger charge is -2.25. The summed E-state index contributed by atoms with van der Waals surface area (Å²) in [5, 5.41) is 12.4. The van der Waals surface area contributed by atoms with Crippen LogP contribution in [0.25, 0.3) is 16.6 Å². The average molecular weight is 350 g/mol. The summed E-state index contributed by atoms with van der Waals surface area (Å²) < 4.78 is 0. The van der Waals surface area contributed by atoms with E-state index in [0.29, 0.717) is 31.1 Å². The van der Waals surface area contributed by atoms with E-state index in [-0.39, 0.29) is 24.2 Å². The topological polar surface area (TPSA) is 115 Å². The van der Waals surface area contributed by atoms with E-state index in [1.54, 1.807) is 11.1 Å². The van der Waals surface area contributed by atoms with Gasteiger partial charge in [-0.1, -0.05) is 6.08 Å². The number of amides is 2. The molecule has 1 fully saturated rings. The minimum atomic E-state index is -0.158. The third-order valence-corrected chi connectivity index (χ3v) is 4.70. The Labute approximate surface area is 149 Å². The molecule has 8 nitrogen and oxygen atoms in total. The first-order valence-corrected chi connectivity index (χ1v) is 8.66. The fourth-order valence-corrected chi connectivity index (χ4v) is 3.09. The van der Waals surface area contributed by atoms with E-state index < -0.39 is 0 Å². The molecule has 0 atom stereocenters. The lowest BCUT2D eigenvalue weighted by molar-refractivity contribution is -0.129. The largest absolute Gasteiger partial charge is 0.346 e. The molecular formula is C18H18N6O2.